The number of nitrogens with one attached hydrogen (secondary N) is 2. The van der Waals surface area contributed by atoms with Crippen LogP contribution in [-0.2, 0) is 10.0 Å². The monoisotopic (exact) mass is 494 g/mol. The summed E-state index contributed by atoms with van der Waals surface area (Å²) in [4.78, 5) is 12.5. The van der Waals surface area contributed by atoms with Crippen LogP contribution in [-0.4, -0.2) is 21.4 Å². The van der Waals surface area contributed by atoms with Crippen LogP contribution in [0.2, 0.25) is 5.02 Å². The number of carbonyl (C=O) groups is 1. The minimum atomic E-state index is -3.88. The first-order valence-electron chi connectivity index (χ1n) is 8.32. The molecular formula is C20H16BrClN2O4S. The summed E-state index contributed by atoms with van der Waals surface area (Å²) in [5, 5.41) is 3.18. The second kappa shape index (κ2) is 8.86. The molecule has 0 aliphatic heterocycles. The number of hydrogen-bond donors (Lipinski definition) is 2. The number of anilines is 2. The van der Waals surface area contributed by atoms with E-state index >= 15 is 0 Å². The number of amides is 1. The molecule has 0 aromatic heterocycles. The zero-order valence-corrected chi connectivity index (χ0v) is 18.3. The molecule has 0 saturated heterocycles. The van der Waals surface area contributed by atoms with Crippen molar-refractivity contribution in [2.45, 2.75) is 4.90 Å². The summed E-state index contributed by atoms with van der Waals surface area (Å²) < 4.78 is 34.0. The highest BCUT2D eigenvalue weighted by molar-refractivity contribution is 9.10. The first kappa shape index (κ1) is 21.2. The Bertz CT molecular complexity index is 1150. The average Bonchev–Trinajstić information content (AvgIpc) is 2.68. The Morgan fingerprint density at radius 2 is 1.76 bits per heavy atom. The van der Waals surface area contributed by atoms with Crippen molar-refractivity contribution in [2.24, 2.45) is 0 Å². The molecule has 2 N–H and O–H groups in total. The quantitative estimate of drug-likeness (QED) is 0.494. The zero-order chi connectivity index (χ0) is 21.0. The van der Waals surface area contributed by atoms with E-state index in [1.165, 1.54) is 25.3 Å². The van der Waals surface area contributed by atoms with Crippen molar-refractivity contribution in [1.82, 2.24) is 0 Å². The van der Waals surface area contributed by atoms with Crippen LogP contribution in [0.3, 0.4) is 0 Å². The maximum atomic E-state index is 12.8. The molecule has 0 saturated carbocycles. The van der Waals surface area contributed by atoms with E-state index in [2.05, 4.69) is 26.0 Å². The number of sulfonamides is 1. The summed E-state index contributed by atoms with van der Waals surface area (Å²) in [6.07, 6.45) is 0. The number of benzene rings is 3. The first-order valence-corrected chi connectivity index (χ1v) is 11.0. The molecule has 3 aromatic rings. The van der Waals surface area contributed by atoms with Gasteiger partial charge < -0.3 is 10.1 Å². The van der Waals surface area contributed by atoms with E-state index in [-0.39, 0.29) is 10.6 Å². The number of hydrogen-bond acceptors (Lipinski definition) is 4. The second-order valence-corrected chi connectivity index (χ2v) is 8.97. The molecule has 0 aliphatic rings. The molecule has 1 amide bonds. The highest BCUT2D eigenvalue weighted by Gasteiger charge is 2.18. The Morgan fingerprint density at radius 1 is 1.03 bits per heavy atom. The largest absolute Gasteiger partial charge is 0.495 e. The van der Waals surface area contributed by atoms with Gasteiger partial charge in [0.2, 0.25) is 0 Å². The summed E-state index contributed by atoms with van der Waals surface area (Å²) in [6, 6.07) is 17.3. The topological polar surface area (TPSA) is 84.5 Å². The van der Waals surface area contributed by atoms with Crippen LogP contribution < -0.4 is 14.8 Å². The van der Waals surface area contributed by atoms with Crippen molar-refractivity contribution in [3.05, 3.63) is 81.8 Å². The lowest BCUT2D eigenvalue weighted by molar-refractivity contribution is 0.102. The molecule has 150 valence electrons. The maximum Gasteiger partial charge on any atom is 0.261 e. The van der Waals surface area contributed by atoms with Crippen molar-refractivity contribution in [3.8, 4) is 5.75 Å². The minimum absolute atomic E-state index is 0.0234. The number of methoxy groups -OCH3 is 1. The molecule has 0 bridgehead atoms. The van der Waals surface area contributed by atoms with E-state index < -0.39 is 15.9 Å². The third-order valence-electron chi connectivity index (χ3n) is 3.91. The van der Waals surface area contributed by atoms with Crippen LogP contribution in [0.4, 0.5) is 11.4 Å². The normalized spacial score (nSPS) is 11.0. The molecule has 3 aromatic carbocycles. The number of ether oxygens (including phenoxy) is 1. The Labute approximate surface area is 182 Å². The molecule has 0 aliphatic carbocycles. The van der Waals surface area contributed by atoms with Crippen molar-refractivity contribution in [3.63, 3.8) is 0 Å². The number of rotatable bonds is 6. The van der Waals surface area contributed by atoms with Gasteiger partial charge in [-0.05, 0) is 60.7 Å². The molecule has 6 nitrogen and oxygen atoms in total. The lowest BCUT2D eigenvalue weighted by atomic mass is 10.2. The van der Waals surface area contributed by atoms with E-state index in [1.54, 1.807) is 48.5 Å². The molecular weight excluding hydrogens is 480 g/mol. The van der Waals surface area contributed by atoms with E-state index in [9.17, 15) is 13.2 Å². The highest BCUT2D eigenvalue weighted by atomic mass is 79.9. The average molecular weight is 496 g/mol. The third-order valence-corrected chi connectivity index (χ3v) is 6.04. The van der Waals surface area contributed by atoms with Gasteiger partial charge in [0.25, 0.3) is 15.9 Å². The van der Waals surface area contributed by atoms with Gasteiger partial charge >= 0.3 is 0 Å². The highest BCUT2D eigenvalue weighted by Crippen LogP contribution is 2.29. The van der Waals surface area contributed by atoms with Crippen molar-refractivity contribution < 1.29 is 17.9 Å². The molecule has 29 heavy (non-hydrogen) atoms. The van der Waals surface area contributed by atoms with Gasteiger partial charge in [-0.25, -0.2) is 8.42 Å². The van der Waals surface area contributed by atoms with Crippen molar-refractivity contribution in [1.29, 1.82) is 0 Å². The zero-order valence-electron chi connectivity index (χ0n) is 15.1. The van der Waals surface area contributed by atoms with E-state index in [4.69, 9.17) is 16.3 Å². The predicted molar refractivity (Wildman–Crippen MR) is 117 cm³/mol. The second-order valence-electron chi connectivity index (χ2n) is 5.94. The van der Waals surface area contributed by atoms with Gasteiger partial charge in [0, 0.05) is 20.7 Å². The van der Waals surface area contributed by atoms with Crippen LogP contribution in [0.1, 0.15) is 10.4 Å². The summed E-state index contributed by atoms with van der Waals surface area (Å²) in [6.45, 7) is 0. The van der Waals surface area contributed by atoms with Crippen molar-refractivity contribution in [2.75, 3.05) is 17.1 Å². The fourth-order valence-corrected chi connectivity index (χ4v) is 4.11. The Balaban J connectivity index is 1.89. The molecule has 0 atom stereocenters. The summed E-state index contributed by atoms with van der Waals surface area (Å²) >= 11 is 9.15. The van der Waals surface area contributed by atoms with Crippen LogP contribution in [0.25, 0.3) is 0 Å². The van der Waals surface area contributed by atoms with Crippen LogP contribution in [0.15, 0.2) is 76.1 Å². The Kier molecular flexibility index (Phi) is 6.46. The molecule has 0 radical (unpaired) electrons. The van der Waals surface area contributed by atoms with Gasteiger partial charge in [0.15, 0.2) is 0 Å². The number of halogens is 2. The molecule has 0 heterocycles. The van der Waals surface area contributed by atoms with Gasteiger partial charge in [0.1, 0.15) is 5.75 Å². The smallest absolute Gasteiger partial charge is 0.261 e. The fraction of sp³-hybridized carbons (Fsp3) is 0.0500. The minimum Gasteiger partial charge on any atom is -0.495 e. The third kappa shape index (κ3) is 5.29. The van der Waals surface area contributed by atoms with Crippen molar-refractivity contribution >= 4 is 54.8 Å². The van der Waals surface area contributed by atoms with E-state index in [0.29, 0.717) is 22.0 Å². The molecule has 9 heteroatoms. The van der Waals surface area contributed by atoms with E-state index in [0.717, 1.165) is 4.47 Å². The first-order chi connectivity index (χ1) is 13.8. The van der Waals surface area contributed by atoms with Crippen LogP contribution in [0, 0.1) is 0 Å². The number of carbonyl (C=O) groups excluding carboxylic acids is 1. The van der Waals surface area contributed by atoms with E-state index in [1.807, 2.05) is 0 Å². The van der Waals surface area contributed by atoms with Crippen LogP contribution in [0.5, 0.6) is 5.75 Å². The lowest BCUT2D eigenvalue weighted by Gasteiger charge is -2.13. The Hall–Kier alpha value is -2.55. The summed E-state index contributed by atoms with van der Waals surface area (Å²) in [5.74, 6) is -0.0943. The molecule has 3 rings (SSSR count). The molecule has 0 spiro atoms. The molecule has 0 unspecified atom stereocenters. The van der Waals surface area contributed by atoms with Gasteiger partial charge in [0.05, 0.1) is 17.7 Å². The fourth-order valence-electron chi connectivity index (χ4n) is 2.51. The van der Waals surface area contributed by atoms with Gasteiger partial charge in [-0.15, -0.1) is 0 Å². The maximum absolute atomic E-state index is 12.8. The lowest BCUT2D eigenvalue weighted by Crippen LogP contribution is -2.15. The van der Waals surface area contributed by atoms with Gasteiger partial charge in [-0.2, -0.15) is 0 Å². The van der Waals surface area contributed by atoms with Crippen LogP contribution >= 0.6 is 27.5 Å². The molecule has 0 fully saturated rings. The van der Waals surface area contributed by atoms with Gasteiger partial charge in [-0.1, -0.05) is 33.6 Å². The summed E-state index contributed by atoms with van der Waals surface area (Å²) in [5.41, 5.74) is 1.00. The summed E-state index contributed by atoms with van der Waals surface area (Å²) in [7, 11) is -2.45. The Morgan fingerprint density at radius 3 is 2.41 bits per heavy atom. The predicted octanol–water partition coefficient (Wildman–Crippen LogP) is 5.16. The standard InChI is InChI=1S/C20H16BrClN2O4S/c1-28-19-10-9-17(29(26,27)24-16-4-2-3-14(21)11-16)12-18(19)23-20(25)13-5-7-15(22)8-6-13/h2-12,24H,1H3,(H,23,25). The SMILES string of the molecule is COc1ccc(S(=O)(=O)Nc2cccc(Br)c2)cc1NC(=O)c1ccc(Cl)cc1. The van der Waals surface area contributed by atoms with Gasteiger partial charge in [-0.3, -0.25) is 9.52 Å².